The molecular weight excluding hydrogens is 270 g/mol. The Hall–Kier alpha value is -1.92. The van der Waals surface area contributed by atoms with Crippen LogP contribution in [0.2, 0.25) is 0 Å². The number of benzene rings is 1. The zero-order valence-corrected chi connectivity index (χ0v) is 12.5. The number of nitrogens with one attached hydrogen (secondary N) is 3. The Morgan fingerprint density at radius 1 is 1.24 bits per heavy atom. The molecule has 1 aromatic carbocycles. The second-order valence-electron chi connectivity index (χ2n) is 5.24. The highest BCUT2D eigenvalue weighted by atomic mass is 16.5. The van der Waals surface area contributed by atoms with Crippen LogP contribution in [-0.4, -0.2) is 38.1 Å². The number of rotatable bonds is 4. The third-order valence-electron chi connectivity index (χ3n) is 3.59. The molecule has 6 heteroatoms. The van der Waals surface area contributed by atoms with Gasteiger partial charge in [-0.2, -0.15) is 0 Å². The lowest BCUT2D eigenvalue weighted by atomic mass is 10.0. The number of carbonyl (C=O) groups excluding carboxylic acids is 2. The van der Waals surface area contributed by atoms with Gasteiger partial charge in [0.2, 0.25) is 11.8 Å². The second-order valence-corrected chi connectivity index (χ2v) is 5.24. The average Bonchev–Trinajstić information content (AvgIpc) is 2.90. The van der Waals surface area contributed by atoms with Gasteiger partial charge in [-0.15, -0.1) is 0 Å². The van der Waals surface area contributed by atoms with Crippen LogP contribution in [0.1, 0.15) is 12.5 Å². The third-order valence-corrected chi connectivity index (χ3v) is 3.59. The van der Waals surface area contributed by atoms with Crippen molar-refractivity contribution < 1.29 is 14.3 Å². The average molecular weight is 291 g/mol. The van der Waals surface area contributed by atoms with Gasteiger partial charge in [0.1, 0.15) is 0 Å². The van der Waals surface area contributed by atoms with E-state index in [2.05, 4.69) is 16.0 Å². The topological polar surface area (TPSA) is 79.5 Å². The highest BCUT2D eigenvalue weighted by molar-refractivity contribution is 5.94. The summed E-state index contributed by atoms with van der Waals surface area (Å²) in [6, 6.07) is 5.45. The molecule has 0 radical (unpaired) electrons. The van der Waals surface area contributed by atoms with Crippen LogP contribution in [0.25, 0.3) is 0 Å². The molecule has 1 aliphatic rings. The maximum atomic E-state index is 12.3. The molecule has 2 amide bonds. The molecule has 1 fully saturated rings. The van der Waals surface area contributed by atoms with Crippen LogP contribution < -0.4 is 16.0 Å². The Kier molecular flexibility index (Phi) is 4.93. The number of ether oxygens (including phenoxy) is 1. The van der Waals surface area contributed by atoms with Gasteiger partial charge in [-0.3, -0.25) is 9.59 Å². The molecule has 1 heterocycles. The smallest absolute Gasteiger partial charge is 0.231 e. The van der Waals surface area contributed by atoms with E-state index >= 15 is 0 Å². The van der Waals surface area contributed by atoms with Crippen molar-refractivity contribution in [3.05, 3.63) is 23.8 Å². The fraction of sp³-hybridized carbons (Fsp3) is 0.467. The Balaban J connectivity index is 2.04. The molecule has 0 aliphatic carbocycles. The lowest BCUT2D eigenvalue weighted by Gasteiger charge is -2.17. The van der Waals surface area contributed by atoms with Crippen LogP contribution in [0.15, 0.2) is 18.2 Å². The number of aryl methyl sites for hydroxylation is 1. The minimum Gasteiger partial charge on any atom is -0.379 e. The summed E-state index contributed by atoms with van der Waals surface area (Å²) in [5.41, 5.74) is 2.36. The van der Waals surface area contributed by atoms with Crippen molar-refractivity contribution in [2.24, 2.45) is 5.92 Å². The van der Waals surface area contributed by atoms with E-state index in [9.17, 15) is 9.59 Å². The van der Waals surface area contributed by atoms with Crippen LogP contribution >= 0.6 is 0 Å². The fourth-order valence-corrected chi connectivity index (χ4v) is 2.40. The normalized spacial score (nSPS) is 21.1. The SMILES string of the molecule is CNC1COCC1C(=O)Nc1ccc(NC(C)=O)c(C)c1. The predicted molar refractivity (Wildman–Crippen MR) is 81.3 cm³/mol. The van der Waals surface area contributed by atoms with Crippen molar-refractivity contribution in [3.63, 3.8) is 0 Å². The summed E-state index contributed by atoms with van der Waals surface area (Å²) in [6.45, 7) is 4.33. The van der Waals surface area contributed by atoms with Crippen molar-refractivity contribution in [1.82, 2.24) is 5.32 Å². The number of hydrogen-bond acceptors (Lipinski definition) is 4. The summed E-state index contributed by atoms with van der Waals surface area (Å²) in [7, 11) is 1.83. The summed E-state index contributed by atoms with van der Waals surface area (Å²) >= 11 is 0. The van der Waals surface area contributed by atoms with Crippen molar-refractivity contribution in [2.45, 2.75) is 19.9 Å². The summed E-state index contributed by atoms with van der Waals surface area (Å²) in [5.74, 6) is -0.362. The first-order chi connectivity index (χ1) is 10.0. The van der Waals surface area contributed by atoms with Crippen molar-refractivity contribution in [3.8, 4) is 0 Å². The van der Waals surface area contributed by atoms with E-state index < -0.39 is 0 Å². The third kappa shape index (κ3) is 3.80. The number of hydrogen-bond donors (Lipinski definition) is 3. The Bertz CT molecular complexity index is 545. The van der Waals surface area contributed by atoms with Crippen molar-refractivity contribution in [2.75, 3.05) is 30.9 Å². The van der Waals surface area contributed by atoms with Crippen LogP contribution in [0.3, 0.4) is 0 Å². The predicted octanol–water partition coefficient (Wildman–Crippen LogP) is 1.13. The molecular formula is C15H21N3O3. The maximum absolute atomic E-state index is 12.3. The molecule has 1 aliphatic heterocycles. The van der Waals surface area contributed by atoms with Crippen LogP contribution in [0.4, 0.5) is 11.4 Å². The van der Waals surface area contributed by atoms with Crippen molar-refractivity contribution >= 4 is 23.2 Å². The molecule has 0 aromatic heterocycles. The molecule has 114 valence electrons. The van der Waals surface area contributed by atoms with E-state index in [1.54, 1.807) is 12.1 Å². The first-order valence-electron chi connectivity index (χ1n) is 6.95. The first kappa shape index (κ1) is 15.5. The maximum Gasteiger partial charge on any atom is 0.231 e. The van der Waals surface area contributed by atoms with Gasteiger partial charge in [-0.05, 0) is 37.7 Å². The molecule has 0 bridgehead atoms. The van der Waals surface area contributed by atoms with Gasteiger partial charge in [0.05, 0.1) is 19.1 Å². The van der Waals surface area contributed by atoms with E-state index in [0.717, 1.165) is 11.3 Å². The Labute approximate surface area is 124 Å². The number of carbonyl (C=O) groups is 2. The van der Waals surface area contributed by atoms with Gasteiger partial charge in [-0.1, -0.05) is 0 Å². The molecule has 1 saturated heterocycles. The quantitative estimate of drug-likeness (QED) is 0.777. The fourth-order valence-electron chi connectivity index (χ4n) is 2.40. The largest absolute Gasteiger partial charge is 0.379 e. The summed E-state index contributed by atoms with van der Waals surface area (Å²) in [6.07, 6.45) is 0. The van der Waals surface area contributed by atoms with Crippen LogP contribution in [0.5, 0.6) is 0 Å². The molecule has 6 nitrogen and oxygen atoms in total. The van der Waals surface area contributed by atoms with Gasteiger partial charge < -0.3 is 20.7 Å². The lowest BCUT2D eigenvalue weighted by molar-refractivity contribution is -0.120. The van der Waals surface area contributed by atoms with E-state index in [1.165, 1.54) is 6.92 Å². The molecule has 0 saturated carbocycles. The molecule has 21 heavy (non-hydrogen) atoms. The molecule has 2 unspecified atom stereocenters. The van der Waals surface area contributed by atoms with E-state index in [-0.39, 0.29) is 23.8 Å². The van der Waals surface area contributed by atoms with Crippen molar-refractivity contribution in [1.29, 1.82) is 0 Å². The van der Waals surface area contributed by atoms with Gasteiger partial charge in [0.15, 0.2) is 0 Å². The molecule has 3 N–H and O–H groups in total. The van der Waals surface area contributed by atoms with Gasteiger partial charge in [-0.25, -0.2) is 0 Å². The molecule has 1 aromatic rings. The molecule has 2 rings (SSSR count). The minimum atomic E-state index is -0.190. The Morgan fingerprint density at radius 3 is 2.62 bits per heavy atom. The van der Waals surface area contributed by atoms with Crippen LogP contribution in [-0.2, 0) is 14.3 Å². The summed E-state index contributed by atoms with van der Waals surface area (Å²) in [4.78, 5) is 23.3. The number of likely N-dealkylation sites (N-methyl/N-ethyl adjacent to an activating group) is 1. The van der Waals surface area contributed by atoms with Gasteiger partial charge in [0.25, 0.3) is 0 Å². The molecule has 0 spiro atoms. The number of anilines is 2. The summed E-state index contributed by atoms with van der Waals surface area (Å²) < 4.78 is 5.34. The Morgan fingerprint density at radius 2 is 2.00 bits per heavy atom. The standard InChI is InChI=1S/C15H21N3O3/c1-9-6-11(4-5-13(9)17-10(2)19)18-15(20)12-7-21-8-14(12)16-3/h4-6,12,14,16H,7-8H2,1-3H3,(H,17,19)(H,18,20). The van der Waals surface area contributed by atoms with Crippen LogP contribution in [0, 0.1) is 12.8 Å². The zero-order valence-electron chi connectivity index (χ0n) is 12.5. The summed E-state index contributed by atoms with van der Waals surface area (Å²) in [5, 5.41) is 8.73. The van der Waals surface area contributed by atoms with E-state index in [4.69, 9.17) is 4.74 Å². The number of amides is 2. The highest BCUT2D eigenvalue weighted by Crippen LogP contribution is 2.21. The highest BCUT2D eigenvalue weighted by Gasteiger charge is 2.32. The van der Waals surface area contributed by atoms with E-state index in [0.29, 0.717) is 18.9 Å². The van der Waals surface area contributed by atoms with Gasteiger partial charge in [0, 0.05) is 24.3 Å². The molecule has 2 atom stereocenters. The first-order valence-corrected chi connectivity index (χ1v) is 6.95. The van der Waals surface area contributed by atoms with Gasteiger partial charge >= 0.3 is 0 Å². The second kappa shape index (κ2) is 6.69. The lowest BCUT2D eigenvalue weighted by Crippen LogP contribution is -2.39. The monoisotopic (exact) mass is 291 g/mol. The zero-order chi connectivity index (χ0) is 15.4. The minimum absolute atomic E-state index is 0.0461. The van der Waals surface area contributed by atoms with E-state index in [1.807, 2.05) is 20.0 Å².